The number of anilines is 1. The Morgan fingerprint density at radius 1 is 1.23 bits per heavy atom. The van der Waals surface area contributed by atoms with E-state index < -0.39 is 0 Å². The van der Waals surface area contributed by atoms with Gasteiger partial charge in [-0.1, -0.05) is 22.0 Å². The maximum atomic E-state index is 5.57. The predicted octanol–water partition coefficient (Wildman–Crippen LogP) is 3.81. The number of nitrogens with zero attached hydrogens (tertiary/aromatic N) is 3. The molecule has 0 aliphatic carbocycles. The molecule has 2 aliphatic rings. The van der Waals surface area contributed by atoms with Gasteiger partial charge in [0, 0.05) is 54.8 Å². The Hall–Kier alpha value is -1.63. The summed E-state index contributed by atoms with van der Waals surface area (Å²) in [4.78, 5) is 9.38. The lowest BCUT2D eigenvalue weighted by molar-refractivity contribution is 0.0793. The van der Waals surface area contributed by atoms with Crippen LogP contribution in [0.25, 0.3) is 0 Å². The van der Waals surface area contributed by atoms with E-state index >= 15 is 0 Å². The standard InChI is InChI=1S/C20H24BrN3O2/c1-25-20-5-2-15(11-22-20)12-23-13-16-10-17(21)3-4-19(16)24(14-23)18-6-8-26-9-7-18/h2-5,10-11,18H,6-9,12-14H2,1H3. The summed E-state index contributed by atoms with van der Waals surface area (Å²) in [7, 11) is 1.65. The molecule has 0 N–H and O–H groups in total. The summed E-state index contributed by atoms with van der Waals surface area (Å²) in [5.74, 6) is 0.658. The van der Waals surface area contributed by atoms with Crippen molar-refractivity contribution in [1.82, 2.24) is 9.88 Å². The molecule has 0 spiro atoms. The van der Waals surface area contributed by atoms with Crippen LogP contribution in [0.1, 0.15) is 24.0 Å². The maximum absolute atomic E-state index is 5.57. The Balaban J connectivity index is 1.56. The Kier molecular flexibility index (Phi) is 5.43. The van der Waals surface area contributed by atoms with E-state index in [2.05, 4.69) is 55.0 Å². The van der Waals surface area contributed by atoms with Crippen molar-refractivity contribution in [3.63, 3.8) is 0 Å². The molecule has 2 aromatic rings. The van der Waals surface area contributed by atoms with Gasteiger partial charge in [0.25, 0.3) is 0 Å². The van der Waals surface area contributed by atoms with Crippen LogP contribution in [0, 0.1) is 0 Å². The highest BCUT2D eigenvalue weighted by molar-refractivity contribution is 9.10. The zero-order valence-electron chi connectivity index (χ0n) is 15.0. The highest BCUT2D eigenvalue weighted by atomic mass is 79.9. The molecule has 2 aliphatic heterocycles. The molecular formula is C20H24BrN3O2. The van der Waals surface area contributed by atoms with Crippen molar-refractivity contribution in [1.29, 1.82) is 0 Å². The second-order valence-electron chi connectivity index (χ2n) is 6.92. The molecule has 26 heavy (non-hydrogen) atoms. The summed E-state index contributed by atoms with van der Waals surface area (Å²) < 4.78 is 11.9. The summed E-state index contributed by atoms with van der Waals surface area (Å²) in [6.45, 7) is 4.47. The molecule has 5 nitrogen and oxygen atoms in total. The molecule has 0 atom stereocenters. The first-order chi connectivity index (χ1) is 12.7. The number of fused-ring (bicyclic) bond motifs is 1. The van der Waals surface area contributed by atoms with E-state index in [0.717, 1.165) is 50.3 Å². The maximum Gasteiger partial charge on any atom is 0.212 e. The first-order valence-electron chi connectivity index (χ1n) is 9.07. The molecule has 6 heteroatoms. The highest BCUT2D eigenvalue weighted by Gasteiger charge is 2.29. The summed E-state index contributed by atoms with van der Waals surface area (Å²) in [6, 6.07) is 11.2. The average molecular weight is 418 g/mol. The largest absolute Gasteiger partial charge is 0.481 e. The summed E-state index contributed by atoms with van der Waals surface area (Å²) >= 11 is 3.63. The van der Waals surface area contributed by atoms with Gasteiger partial charge in [-0.3, -0.25) is 4.90 Å². The second-order valence-corrected chi connectivity index (χ2v) is 7.84. The van der Waals surface area contributed by atoms with E-state index in [1.165, 1.54) is 16.8 Å². The fourth-order valence-corrected chi connectivity index (χ4v) is 4.25. The van der Waals surface area contributed by atoms with Crippen molar-refractivity contribution in [3.8, 4) is 5.88 Å². The third-order valence-corrected chi connectivity index (χ3v) is 5.64. The van der Waals surface area contributed by atoms with Crippen LogP contribution in [-0.2, 0) is 17.8 Å². The molecule has 0 radical (unpaired) electrons. The van der Waals surface area contributed by atoms with Gasteiger partial charge in [-0.05, 0) is 42.2 Å². The Morgan fingerprint density at radius 3 is 2.81 bits per heavy atom. The van der Waals surface area contributed by atoms with Crippen molar-refractivity contribution in [2.75, 3.05) is 31.9 Å². The lowest BCUT2D eigenvalue weighted by Gasteiger charge is -2.44. The molecule has 1 saturated heterocycles. The van der Waals surface area contributed by atoms with Gasteiger partial charge in [0.05, 0.1) is 13.8 Å². The van der Waals surface area contributed by atoms with Gasteiger partial charge in [0.1, 0.15) is 0 Å². The molecule has 0 amide bonds. The van der Waals surface area contributed by atoms with Crippen LogP contribution in [0.5, 0.6) is 5.88 Å². The Labute approximate surface area is 163 Å². The number of ether oxygens (including phenoxy) is 2. The molecule has 1 fully saturated rings. The zero-order chi connectivity index (χ0) is 17.9. The third kappa shape index (κ3) is 3.87. The summed E-state index contributed by atoms with van der Waals surface area (Å²) in [5, 5.41) is 0. The van der Waals surface area contributed by atoms with Gasteiger partial charge < -0.3 is 14.4 Å². The first kappa shape index (κ1) is 17.8. The van der Waals surface area contributed by atoms with Gasteiger partial charge >= 0.3 is 0 Å². The van der Waals surface area contributed by atoms with Gasteiger partial charge in [-0.15, -0.1) is 0 Å². The van der Waals surface area contributed by atoms with Gasteiger partial charge in [0.2, 0.25) is 5.88 Å². The second kappa shape index (κ2) is 7.94. The number of methoxy groups -OCH3 is 1. The molecule has 0 bridgehead atoms. The summed E-state index contributed by atoms with van der Waals surface area (Å²) in [6.07, 6.45) is 4.09. The van der Waals surface area contributed by atoms with Gasteiger partial charge in [-0.25, -0.2) is 4.98 Å². The average Bonchev–Trinajstić information content (AvgIpc) is 2.68. The smallest absolute Gasteiger partial charge is 0.212 e. The van der Waals surface area contributed by atoms with Crippen LogP contribution in [0.3, 0.4) is 0 Å². The normalized spacial score (nSPS) is 18.6. The monoisotopic (exact) mass is 417 g/mol. The lowest BCUT2D eigenvalue weighted by atomic mass is 10.0. The van der Waals surface area contributed by atoms with Crippen molar-refractivity contribution < 1.29 is 9.47 Å². The zero-order valence-corrected chi connectivity index (χ0v) is 16.6. The number of halogens is 1. The van der Waals surface area contributed by atoms with E-state index in [0.29, 0.717) is 11.9 Å². The van der Waals surface area contributed by atoms with Crippen molar-refractivity contribution in [2.45, 2.75) is 32.0 Å². The fourth-order valence-electron chi connectivity index (χ4n) is 3.84. The number of hydrogen-bond donors (Lipinski definition) is 0. The summed E-state index contributed by atoms with van der Waals surface area (Å²) in [5.41, 5.74) is 3.94. The van der Waals surface area contributed by atoms with Crippen LogP contribution in [0.2, 0.25) is 0 Å². The van der Waals surface area contributed by atoms with Crippen molar-refractivity contribution >= 4 is 21.6 Å². The van der Waals surface area contributed by atoms with Crippen LogP contribution in [-0.4, -0.2) is 42.9 Å². The molecule has 1 aromatic carbocycles. The van der Waals surface area contributed by atoms with E-state index in [-0.39, 0.29) is 0 Å². The quantitative estimate of drug-likeness (QED) is 0.755. The Bertz CT molecular complexity index is 747. The molecule has 0 unspecified atom stereocenters. The number of rotatable bonds is 4. The van der Waals surface area contributed by atoms with Crippen molar-refractivity contribution in [2.24, 2.45) is 0 Å². The topological polar surface area (TPSA) is 37.8 Å². The van der Waals surface area contributed by atoms with Crippen LogP contribution in [0.4, 0.5) is 5.69 Å². The number of pyridine rings is 1. The van der Waals surface area contributed by atoms with Gasteiger partial charge in [0.15, 0.2) is 0 Å². The molecular weight excluding hydrogens is 394 g/mol. The van der Waals surface area contributed by atoms with Crippen LogP contribution in [0.15, 0.2) is 41.0 Å². The van der Waals surface area contributed by atoms with Crippen LogP contribution < -0.4 is 9.64 Å². The minimum atomic E-state index is 0.542. The number of hydrogen-bond acceptors (Lipinski definition) is 5. The number of aromatic nitrogens is 1. The molecule has 4 rings (SSSR count). The molecule has 1 aromatic heterocycles. The highest BCUT2D eigenvalue weighted by Crippen LogP contribution is 2.34. The van der Waals surface area contributed by atoms with E-state index in [4.69, 9.17) is 9.47 Å². The molecule has 0 saturated carbocycles. The number of benzene rings is 1. The van der Waals surface area contributed by atoms with E-state index in [9.17, 15) is 0 Å². The van der Waals surface area contributed by atoms with E-state index in [1.54, 1.807) is 7.11 Å². The molecule has 3 heterocycles. The van der Waals surface area contributed by atoms with Crippen molar-refractivity contribution in [3.05, 3.63) is 52.1 Å². The molecule has 138 valence electrons. The minimum absolute atomic E-state index is 0.542. The SMILES string of the molecule is COc1ccc(CN2Cc3cc(Br)ccc3N(C3CCOCC3)C2)cn1. The first-order valence-corrected chi connectivity index (χ1v) is 9.86. The van der Waals surface area contributed by atoms with Gasteiger partial charge in [-0.2, -0.15) is 0 Å². The van der Waals surface area contributed by atoms with Crippen LogP contribution >= 0.6 is 15.9 Å². The Morgan fingerprint density at radius 2 is 2.08 bits per heavy atom. The fraction of sp³-hybridized carbons (Fsp3) is 0.450. The lowest BCUT2D eigenvalue weighted by Crippen LogP contribution is -2.49. The van der Waals surface area contributed by atoms with E-state index in [1.807, 2.05) is 12.3 Å². The third-order valence-electron chi connectivity index (χ3n) is 5.14. The predicted molar refractivity (Wildman–Crippen MR) is 105 cm³/mol. The minimum Gasteiger partial charge on any atom is -0.481 e.